The second kappa shape index (κ2) is 4.05. The molecule has 0 unspecified atom stereocenters. The van der Waals surface area contributed by atoms with Gasteiger partial charge in [0.1, 0.15) is 5.76 Å². The van der Waals surface area contributed by atoms with E-state index in [0.717, 1.165) is 0 Å². The van der Waals surface area contributed by atoms with E-state index in [-0.39, 0.29) is 11.7 Å². The summed E-state index contributed by atoms with van der Waals surface area (Å²) in [7, 11) is 0. The van der Waals surface area contributed by atoms with Gasteiger partial charge in [0.2, 0.25) is 5.96 Å². The van der Waals surface area contributed by atoms with Crippen molar-refractivity contribution in [2.45, 2.75) is 0 Å². The molecule has 4 N–H and O–H groups in total. The van der Waals surface area contributed by atoms with Crippen molar-refractivity contribution in [3.63, 3.8) is 0 Å². The molecule has 0 aromatic carbocycles. The maximum Gasteiger partial charge on any atom is 0.211 e. The zero-order valence-corrected chi connectivity index (χ0v) is 6.68. The quantitative estimate of drug-likeness (QED) is 0.288. The number of furan rings is 1. The Bertz CT molecular complexity index is 349. The van der Waals surface area contributed by atoms with E-state index in [2.05, 4.69) is 10.2 Å². The minimum absolute atomic E-state index is 0.140. The summed E-state index contributed by atoms with van der Waals surface area (Å²) in [5, 5.41) is 6.84. The van der Waals surface area contributed by atoms with Crippen molar-refractivity contribution in [3.8, 4) is 0 Å². The lowest BCUT2D eigenvalue weighted by atomic mass is 10.4. The summed E-state index contributed by atoms with van der Waals surface area (Å²) < 4.78 is 4.95. The van der Waals surface area contributed by atoms with Crippen molar-refractivity contribution in [2.24, 2.45) is 21.7 Å². The summed E-state index contributed by atoms with van der Waals surface area (Å²) >= 11 is 0. The number of carbonyl (C=O) groups is 1. The highest BCUT2D eigenvalue weighted by Crippen LogP contribution is 2.02. The van der Waals surface area contributed by atoms with Gasteiger partial charge in [0.15, 0.2) is 12.0 Å². The number of hydrogen-bond acceptors (Lipinski definition) is 4. The first-order valence-corrected chi connectivity index (χ1v) is 3.39. The van der Waals surface area contributed by atoms with Crippen LogP contribution in [0.25, 0.3) is 0 Å². The lowest BCUT2D eigenvalue weighted by molar-refractivity contribution is 0.110. The molecule has 68 valence electrons. The summed E-state index contributed by atoms with van der Waals surface area (Å²) in [5.74, 6) is 0.497. The van der Waals surface area contributed by atoms with Gasteiger partial charge in [-0.3, -0.25) is 4.79 Å². The summed E-state index contributed by atoms with van der Waals surface area (Å²) in [4.78, 5) is 10.2. The largest absolute Gasteiger partial charge is 0.452 e. The van der Waals surface area contributed by atoms with E-state index in [0.29, 0.717) is 12.0 Å². The van der Waals surface area contributed by atoms with Crippen LogP contribution in [-0.2, 0) is 0 Å². The molecule has 0 radical (unpaired) electrons. The lowest BCUT2D eigenvalue weighted by Gasteiger charge is -1.83. The molecule has 0 amide bonds. The Morgan fingerprint density at radius 2 is 2.08 bits per heavy atom. The molecule has 0 aliphatic carbocycles. The first-order valence-electron chi connectivity index (χ1n) is 3.39. The van der Waals surface area contributed by atoms with Gasteiger partial charge >= 0.3 is 0 Å². The minimum atomic E-state index is -0.140. The molecule has 13 heavy (non-hydrogen) atoms. The van der Waals surface area contributed by atoms with Gasteiger partial charge in [-0.1, -0.05) is 0 Å². The van der Waals surface area contributed by atoms with Gasteiger partial charge in [-0.05, 0) is 12.1 Å². The Hall–Kier alpha value is -2.11. The van der Waals surface area contributed by atoms with E-state index >= 15 is 0 Å². The number of carbonyl (C=O) groups excluding carboxylic acids is 1. The van der Waals surface area contributed by atoms with E-state index in [9.17, 15) is 4.79 Å². The van der Waals surface area contributed by atoms with Gasteiger partial charge in [-0.25, -0.2) is 0 Å². The number of rotatable bonds is 3. The van der Waals surface area contributed by atoms with Crippen molar-refractivity contribution in [3.05, 3.63) is 23.7 Å². The van der Waals surface area contributed by atoms with Crippen LogP contribution in [0.4, 0.5) is 0 Å². The summed E-state index contributed by atoms with van der Waals surface area (Å²) in [6.07, 6.45) is 1.89. The predicted molar refractivity (Wildman–Crippen MR) is 47.5 cm³/mol. The predicted octanol–water partition coefficient (Wildman–Crippen LogP) is -0.301. The molecule has 0 atom stereocenters. The Kier molecular flexibility index (Phi) is 2.80. The molecule has 1 aromatic heterocycles. The van der Waals surface area contributed by atoms with Crippen LogP contribution in [0.3, 0.4) is 0 Å². The molecule has 0 aliphatic rings. The van der Waals surface area contributed by atoms with Crippen LogP contribution in [0, 0.1) is 0 Å². The highest BCUT2D eigenvalue weighted by molar-refractivity contribution is 5.80. The lowest BCUT2D eigenvalue weighted by Crippen LogP contribution is -2.21. The molecule has 1 aromatic rings. The fourth-order valence-electron chi connectivity index (χ4n) is 0.654. The van der Waals surface area contributed by atoms with Gasteiger partial charge in [-0.2, -0.15) is 5.10 Å². The third kappa shape index (κ3) is 2.78. The first kappa shape index (κ1) is 8.98. The molecule has 0 fully saturated rings. The average molecular weight is 180 g/mol. The molecule has 1 heterocycles. The molecule has 0 spiro atoms. The summed E-state index contributed by atoms with van der Waals surface area (Å²) in [6.45, 7) is 0. The van der Waals surface area contributed by atoms with Crippen molar-refractivity contribution in [1.82, 2.24) is 0 Å². The van der Waals surface area contributed by atoms with Crippen molar-refractivity contribution < 1.29 is 9.21 Å². The molecule has 0 bridgehead atoms. The molecule has 6 nitrogen and oxygen atoms in total. The SMILES string of the molecule is NC(N)=NN=Cc1ccc(C=O)o1. The van der Waals surface area contributed by atoms with Crippen molar-refractivity contribution in [1.29, 1.82) is 0 Å². The third-order valence-corrected chi connectivity index (χ3v) is 1.12. The van der Waals surface area contributed by atoms with Crippen LogP contribution in [0.15, 0.2) is 26.8 Å². The zero-order valence-electron chi connectivity index (χ0n) is 6.68. The topological polar surface area (TPSA) is 107 Å². The number of aldehydes is 1. The number of nitrogens with zero attached hydrogens (tertiary/aromatic N) is 2. The molecular formula is C7H8N4O2. The Balaban J connectivity index is 2.69. The maximum atomic E-state index is 10.2. The molecule has 1 rings (SSSR count). The van der Waals surface area contributed by atoms with Crippen molar-refractivity contribution in [2.75, 3.05) is 0 Å². The fraction of sp³-hybridized carbons (Fsp3) is 0. The normalized spacial score (nSPS) is 10.2. The van der Waals surface area contributed by atoms with Crippen LogP contribution in [0.1, 0.15) is 16.3 Å². The monoisotopic (exact) mass is 180 g/mol. The second-order valence-electron chi connectivity index (χ2n) is 2.13. The number of hydrogen-bond donors (Lipinski definition) is 2. The van der Waals surface area contributed by atoms with Gasteiger partial charge in [0.25, 0.3) is 0 Å². The highest BCUT2D eigenvalue weighted by Gasteiger charge is 1.96. The molecule has 0 saturated heterocycles. The molecular weight excluding hydrogens is 172 g/mol. The van der Waals surface area contributed by atoms with Gasteiger partial charge in [0, 0.05) is 0 Å². The van der Waals surface area contributed by atoms with E-state index in [4.69, 9.17) is 15.9 Å². The standard InChI is InChI=1S/C7H8N4O2/c8-7(9)11-10-3-5-1-2-6(4-12)13-5/h1-4H,(H4,8,9,11). The smallest absolute Gasteiger partial charge is 0.211 e. The fourth-order valence-corrected chi connectivity index (χ4v) is 0.654. The second-order valence-corrected chi connectivity index (χ2v) is 2.13. The van der Waals surface area contributed by atoms with Crippen molar-refractivity contribution >= 4 is 18.5 Å². The first-order chi connectivity index (χ1) is 6.22. The van der Waals surface area contributed by atoms with Crippen LogP contribution in [0.2, 0.25) is 0 Å². The van der Waals surface area contributed by atoms with E-state index in [1.54, 1.807) is 6.07 Å². The Morgan fingerprint density at radius 1 is 1.38 bits per heavy atom. The number of guanidine groups is 1. The van der Waals surface area contributed by atoms with Gasteiger partial charge in [0.05, 0.1) is 6.21 Å². The van der Waals surface area contributed by atoms with Gasteiger partial charge < -0.3 is 15.9 Å². The van der Waals surface area contributed by atoms with Crippen LogP contribution in [0.5, 0.6) is 0 Å². The number of nitrogens with two attached hydrogens (primary N) is 2. The average Bonchev–Trinajstić information content (AvgIpc) is 2.52. The van der Waals surface area contributed by atoms with Crippen LogP contribution in [-0.4, -0.2) is 18.5 Å². The third-order valence-electron chi connectivity index (χ3n) is 1.12. The minimum Gasteiger partial charge on any atom is -0.452 e. The zero-order chi connectivity index (χ0) is 9.68. The van der Waals surface area contributed by atoms with Crippen LogP contribution >= 0.6 is 0 Å². The van der Waals surface area contributed by atoms with E-state index < -0.39 is 0 Å². The highest BCUT2D eigenvalue weighted by atomic mass is 16.3. The summed E-state index contributed by atoms with van der Waals surface area (Å²) in [5.41, 5.74) is 10.0. The maximum absolute atomic E-state index is 10.2. The molecule has 0 aliphatic heterocycles. The van der Waals surface area contributed by atoms with E-state index in [1.165, 1.54) is 12.3 Å². The Labute approximate surface area is 73.9 Å². The molecule has 0 saturated carbocycles. The molecule has 6 heteroatoms. The van der Waals surface area contributed by atoms with E-state index in [1.807, 2.05) is 0 Å². The summed E-state index contributed by atoms with van der Waals surface area (Å²) in [6, 6.07) is 3.10. The Morgan fingerprint density at radius 3 is 2.62 bits per heavy atom. The van der Waals surface area contributed by atoms with Crippen LogP contribution < -0.4 is 11.5 Å². The van der Waals surface area contributed by atoms with Gasteiger partial charge in [-0.15, -0.1) is 5.10 Å².